The van der Waals surface area contributed by atoms with Gasteiger partial charge in [0.2, 0.25) is 6.10 Å². The molecule has 0 spiro atoms. The smallest absolute Gasteiger partial charge is 0.304 e. The molecule has 4 nitrogen and oxygen atoms in total. The average molecular weight is 285 g/mol. The monoisotopic (exact) mass is 285 g/mol. The molecular formula is C16H12FNO3. The Morgan fingerprint density at radius 3 is 2.57 bits per heavy atom. The topological polar surface area (TPSA) is 59.3 Å². The van der Waals surface area contributed by atoms with Crippen LogP contribution in [0.25, 0.3) is 0 Å². The highest BCUT2D eigenvalue weighted by molar-refractivity contribution is 5.66. The van der Waals surface area contributed by atoms with E-state index in [-0.39, 0.29) is 5.75 Å². The molecule has 0 saturated carbocycles. The molecule has 1 unspecified atom stereocenters. The maximum atomic E-state index is 13.8. The molecule has 0 amide bonds. The minimum Gasteiger partial charge on any atom is -0.454 e. The molecule has 2 aromatic carbocycles. The fourth-order valence-electron chi connectivity index (χ4n) is 1.71. The molecule has 106 valence electrons. The van der Waals surface area contributed by atoms with Crippen LogP contribution in [0.15, 0.2) is 48.5 Å². The molecule has 0 heterocycles. The lowest BCUT2D eigenvalue weighted by molar-refractivity contribution is -0.144. The summed E-state index contributed by atoms with van der Waals surface area (Å²) in [5.74, 6) is -0.723. The van der Waals surface area contributed by atoms with Crippen LogP contribution in [-0.4, -0.2) is 5.97 Å². The average Bonchev–Trinajstić information content (AvgIpc) is 2.48. The van der Waals surface area contributed by atoms with Gasteiger partial charge >= 0.3 is 5.97 Å². The molecule has 0 radical (unpaired) electrons. The van der Waals surface area contributed by atoms with Crippen molar-refractivity contribution in [2.45, 2.75) is 13.0 Å². The largest absolute Gasteiger partial charge is 0.454 e. The van der Waals surface area contributed by atoms with Crippen molar-refractivity contribution in [3.8, 4) is 17.6 Å². The Hall–Kier alpha value is -2.87. The van der Waals surface area contributed by atoms with E-state index in [0.717, 1.165) is 0 Å². The summed E-state index contributed by atoms with van der Waals surface area (Å²) in [6, 6.07) is 14.4. The van der Waals surface area contributed by atoms with Gasteiger partial charge in [-0.25, -0.2) is 4.39 Å². The van der Waals surface area contributed by atoms with E-state index in [9.17, 15) is 9.18 Å². The zero-order valence-corrected chi connectivity index (χ0v) is 11.2. The quantitative estimate of drug-likeness (QED) is 0.803. The number of hydrogen-bond donors (Lipinski definition) is 0. The molecule has 21 heavy (non-hydrogen) atoms. The minimum absolute atomic E-state index is 0.0360. The Balaban J connectivity index is 2.29. The molecule has 0 aliphatic rings. The van der Waals surface area contributed by atoms with Crippen molar-refractivity contribution in [3.63, 3.8) is 0 Å². The molecule has 5 heteroatoms. The number of rotatable bonds is 4. The Morgan fingerprint density at radius 1 is 1.24 bits per heavy atom. The predicted octanol–water partition coefficient (Wildman–Crippen LogP) is 3.75. The van der Waals surface area contributed by atoms with E-state index in [0.29, 0.717) is 11.3 Å². The van der Waals surface area contributed by atoms with Crippen molar-refractivity contribution in [1.82, 2.24) is 0 Å². The van der Waals surface area contributed by atoms with Crippen LogP contribution in [0.3, 0.4) is 0 Å². The fourth-order valence-corrected chi connectivity index (χ4v) is 1.71. The molecule has 1 atom stereocenters. The number of carbonyl (C=O) groups is 1. The van der Waals surface area contributed by atoms with Gasteiger partial charge in [0, 0.05) is 12.5 Å². The Labute approximate surface area is 121 Å². The van der Waals surface area contributed by atoms with Crippen LogP contribution in [0, 0.1) is 17.1 Å². The molecule has 0 fully saturated rings. The highest BCUT2D eigenvalue weighted by Gasteiger charge is 2.16. The van der Waals surface area contributed by atoms with Gasteiger partial charge < -0.3 is 9.47 Å². The Bertz CT molecular complexity index is 680. The van der Waals surface area contributed by atoms with Gasteiger partial charge in [0.05, 0.1) is 0 Å². The fraction of sp³-hybridized carbons (Fsp3) is 0.125. The van der Waals surface area contributed by atoms with Crippen LogP contribution in [0.1, 0.15) is 18.6 Å². The van der Waals surface area contributed by atoms with Gasteiger partial charge in [-0.15, -0.1) is 0 Å². The third-order valence-corrected chi connectivity index (χ3v) is 2.63. The van der Waals surface area contributed by atoms with Gasteiger partial charge in [-0.1, -0.05) is 24.3 Å². The van der Waals surface area contributed by atoms with E-state index in [1.807, 2.05) is 12.1 Å². The van der Waals surface area contributed by atoms with Gasteiger partial charge in [0.1, 0.15) is 11.8 Å². The molecule has 0 aliphatic heterocycles. The molecule has 2 rings (SSSR count). The highest BCUT2D eigenvalue weighted by atomic mass is 19.1. The van der Waals surface area contributed by atoms with Gasteiger partial charge in [-0.05, 0) is 24.3 Å². The summed E-state index contributed by atoms with van der Waals surface area (Å²) in [4.78, 5) is 11.0. The minimum atomic E-state index is -1.10. The summed E-state index contributed by atoms with van der Waals surface area (Å²) in [5, 5.41) is 9.02. The van der Waals surface area contributed by atoms with Gasteiger partial charge in [-0.3, -0.25) is 4.79 Å². The van der Waals surface area contributed by atoms with Crippen LogP contribution < -0.4 is 4.74 Å². The van der Waals surface area contributed by atoms with Crippen LogP contribution in [-0.2, 0) is 9.53 Å². The lowest BCUT2D eigenvalue weighted by Gasteiger charge is -2.12. The maximum absolute atomic E-state index is 13.8. The second-order valence-electron chi connectivity index (χ2n) is 4.22. The van der Waals surface area contributed by atoms with Crippen LogP contribution in [0.2, 0.25) is 0 Å². The van der Waals surface area contributed by atoms with E-state index in [1.165, 1.54) is 25.1 Å². The van der Waals surface area contributed by atoms with Crippen molar-refractivity contribution < 1.29 is 18.7 Å². The Morgan fingerprint density at radius 2 is 1.95 bits per heavy atom. The molecule has 0 saturated heterocycles. The van der Waals surface area contributed by atoms with Gasteiger partial charge in [0.15, 0.2) is 11.6 Å². The molecule has 0 aromatic heterocycles. The third kappa shape index (κ3) is 3.80. The first-order chi connectivity index (χ1) is 10.1. The van der Waals surface area contributed by atoms with Crippen LogP contribution in [0.5, 0.6) is 11.5 Å². The van der Waals surface area contributed by atoms with E-state index >= 15 is 0 Å². The molecule has 0 N–H and O–H groups in total. The van der Waals surface area contributed by atoms with Crippen molar-refractivity contribution in [2.24, 2.45) is 0 Å². The summed E-state index contributed by atoms with van der Waals surface area (Å²) >= 11 is 0. The summed E-state index contributed by atoms with van der Waals surface area (Å²) in [6.07, 6.45) is -1.10. The number of carbonyl (C=O) groups excluding carboxylic acids is 1. The lowest BCUT2D eigenvalue weighted by atomic mass is 10.1. The number of ether oxygens (including phenoxy) is 2. The molecule has 0 bridgehead atoms. The first-order valence-corrected chi connectivity index (χ1v) is 6.19. The number of halogens is 1. The van der Waals surface area contributed by atoms with Crippen LogP contribution in [0.4, 0.5) is 4.39 Å². The van der Waals surface area contributed by atoms with Gasteiger partial charge in [-0.2, -0.15) is 5.26 Å². The summed E-state index contributed by atoms with van der Waals surface area (Å²) in [5.41, 5.74) is 0.347. The van der Waals surface area contributed by atoms with Gasteiger partial charge in [0.25, 0.3) is 0 Å². The van der Waals surface area contributed by atoms with Crippen LogP contribution >= 0.6 is 0 Å². The number of nitrogens with zero attached hydrogens (tertiary/aromatic N) is 1. The zero-order valence-electron chi connectivity index (χ0n) is 11.2. The van der Waals surface area contributed by atoms with Crippen molar-refractivity contribution in [2.75, 3.05) is 0 Å². The Kier molecular flexibility index (Phi) is 4.52. The van der Waals surface area contributed by atoms with E-state index in [2.05, 4.69) is 0 Å². The van der Waals surface area contributed by atoms with E-state index in [1.54, 1.807) is 24.3 Å². The summed E-state index contributed by atoms with van der Waals surface area (Å²) < 4.78 is 24.0. The highest BCUT2D eigenvalue weighted by Crippen LogP contribution is 2.28. The predicted molar refractivity (Wildman–Crippen MR) is 73.0 cm³/mol. The molecule has 2 aromatic rings. The first kappa shape index (κ1) is 14.5. The van der Waals surface area contributed by atoms with Crippen molar-refractivity contribution in [1.29, 1.82) is 5.26 Å². The van der Waals surface area contributed by atoms with E-state index < -0.39 is 17.9 Å². The summed E-state index contributed by atoms with van der Waals surface area (Å²) in [7, 11) is 0. The zero-order chi connectivity index (χ0) is 15.2. The number of nitriles is 1. The SMILES string of the molecule is CC(=O)OC(C#N)c1ccc(F)c(Oc2ccccc2)c1. The van der Waals surface area contributed by atoms with Crippen molar-refractivity contribution in [3.05, 3.63) is 59.9 Å². The van der Waals surface area contributed by atoms with E-state index in [4.69, 9.17) is 14.7 Å². The first-order valence-electron chi connectivity index (χ1n) is 6.19. The molecule has 0 aliphatic carbocycles. The lowest BCUT2D eigenvalue weighted by Crippen LogP contribution is -2.06. The standard InChI is InChI=1S/C16H12FNO3/c1-11(19)20-16(10-18)12-7-8-14(17)15(9-12)21-13-5-3-2-4-6-13/h2-9,16H,1H3. The number of esters is 1. The third-order valence-electron chi connectivity index (χ3n) is 2.63. The number of benzene rings is 2. The normalized spacial score (nSPS) is 11.3. The molecular weight excluding hydrogens is 273 g/mol. The second-order valence-corrected chi connectivity index (χ2v) is 4.22. The second kappa shape index (κ2) is 6.53. The number of hydrogen-bond acceptors (Lipinski definition) is 4. The summed E-state index contributed by atoms with van der Waals surface area (Å²) in [6.45, 7) is 1.20. The number of para-hydroxylation sites is 1. The maximum Gasteiger partial charge on any atom is 0.304 e. The van der Waals surface area contributed by atoms with Crippen molar-refractivity contribution >= 4 is 5.97 Å².